The fraction of sp³-hybridized carbons (Fsp3) is 0.550. The normalized spacial score (nSPS) is 18.1. The van der Waals surface area contributed by atoms with Gasteiger partial charge >= 0.3 is 6.18 Å². The van der Waals surface area contributed by atoms with E-state index in [1.54, 1.807) is 12.1 Å². The van der Waals surface area contributed by atoms with Crippen molar-refractivity contribution in [3.63, 3.8) is 0 Å². The number of aliphatic imine (C=N–C) groups is 1. The van der Waals surface area contributed by atoms with Gasteiger partial charge in [0.1, 0.15) is 12.4 Å². The predicted octanol–water partition coefficient (Wildman–Crippen LogP) is 2.47. The third kappa shape index (κ3) is 5.71. The molecule has 0 spiro atoms. The Balaban J connectivity index is 1.54. The number of rotatable bonds is 6. The van der Waals surface area contributed by atoms with E-state index in [9.17, 15) is 13.2 Å². The summed E-state index contributed by atoms with van der Waals surface area (Å²) in [6.45, 7) is 7.38. The van der Waals surface area contributed by atoms with Gasteiger partial charge < -0.3 is 15.2 Å². The van der Waals surface area contributed by atoms with Crippen LogP contribution in [-0.2, 0) is 26.3 Å². The van der Waals surface area contributed by atoms with Gasteiger partial charge in [-0.05, 0) is 38.0 Å². The van der Waals surface area contributed by atoms with Crippen molar-refractivity contribution in [3.8, 4) is 0 Å². The second-order valence-electron chi connectivity index (χ2n) is 7.48. The minimum absolute atomic E-state index is 0.221. The van der Waals surface area contributed by atoms with Gasteiger partial charge in [-0.1, -0.05) is 12.1 Å². The lowest BCUT2D eigenvalue weighted by atomic mass is 10.1. The van der Waals surface area contributed by atoms with Crippen molar-refractivity contribution >= 4 is 5.96 Å². The third-order valence-electron chi connectivity index (χ3n) is 5.21. The van der Waals surface area contributed by atoms with Gasteiger partial charge in [0.25, 0.3) is 0 Å². The Hall–Kier alpha value is -2.62. The van der Waals surface area contributed by atoms with Crippen LogP contribution in [0.2, 0.25) is 0 Å². The van der Waals surface area contributed by atoms with Gasteiger partial charge in [0, 0.05) is 39.3 Å². The van der Waals surface area contributed by atoms with Crippen LogP contribution in [0.4, 0.5) is 13.2 Å². The number of aryl methyl sites for hydroxylation is 1. The number of benzene rings is 1. The maximum atomic E-state index is 12.7. The van der Waals surface area contributed by atoms with Crippen LogP contribution in [0.15, 0.2) is 29.3 Å². The molecule has 7 nitrogen and oxygen atoms in total. The van der Waals surface area contributed by atoms with Crippen LogP contribution in [0.1, 0.15) is 36.1 Å². The number of hydrogen-bond acceptors (Lipinski definition) is 4. The van der Waals surface area contributed by atoms with Gasteiger partial charge in [-0.25, -0.2) is 4.99 Å². The molecule has 164 valence electrons. The molecule has 0 aliphatic carbocycles. The maximum Gasteiger partial charge on any atom is 0.416 e. The topological polar surface area (TPSA) is 70.4 Å². The molecule has 1 aromatic heterocycles. The molecule has 1 aromatic carbocycles. The molecule has 2 heterocycles. The zero-order valence-corrected chi connectivity index (χ0v) is 17.5. The molecule has 10 heteroatoms. The van der Waals surface area contributed by atoms with E-state index in [1.807, 2.05) is 25.5 Å². The molecule has 1 aliphatic rings. The summed E-state index contributed by atoms with van der Waals surface area (Å²) in [5.41, 5.74) is 0.263. The molecule has 1 unspecified atom stereocenters. The van der Waals surface area contributed by atoms with Crippen molar-refractivity contribution in [1.82, 2.24) is 30.3 Å². The summed E-state index contributed by atoms with van der Waals surface area (Å²) >= 11 is 0. The summed E-state index contributed by atoms with van der Waals surface area (Å²) in [4.78, 5) is 6.84. The monoisotopic (exact) mass is 423 g/mol. The maximum absolute atomic E-state index is 12.7. The lowest BCUT2D eigenvalue weighted by Crippen LogP contribution is -2.44. The molecule has 0 amide bonds. The van der Waals surface area contributed by atoms with E-state index in [2.05, 4.69) is 30.7 Å². The van der Waals surface area contributed by atoms with Gasteiger partial charge in [0.05, 0.1) is 5.56 Å². The van der Waals surface area contributed by atoms with Crippen LogP contribution in [0.25, 0.3) is 0 Å². The first-order valence-corrected chi connectivity index (χ1v) is 10.0. The molecule has 0 saturated carbocycles. The highest BCUT2D eigenvalue weighted by atomic mass is 19.4. The molecule has 2 aromatic rings. The number of hydrogen-bond donors (Lipinski definition) is 2. The van der Waals surface area contributed by atoms with Gasteiger partial charge in [-0.15, -0.1) is 10.2 Å². The van der Waals surface area contributed by atoms with Crippen molar-refractivity contribution in [2.24, 2.45) is 12.0 Å². The third-order valence-corrected chi connectivity index (χ3v) is 5.21. The molecule has 30 heavy (non-hydrogen) atoms. The molecule has 1 atom stereocenters. The van der Waals surface area contributed by atoms with E-state index in [0.29, 0.717) is 13.1 Å². The fourth-order valence-corrected chi connectivity index (χ4v) is 3.40. The van der Waals surface area contributed by atoms with Crippen molar-refractivity contribution in [2.75, 3.05) is 19.6 Å². The lowest BCUT2D eigenvalue weighted by Gasteiger charge is -2.19. The van der Waals surface area contributed by atoms with Crippen LogP contribution in [0, 0.1) is 6.92 Å². The van der Waals surface area contributed by atoms with Crippen LogP contribution in [0.5, 0.6) is 0 Å². The zero-order chi connectivity index (χ0) is 21.7. The average molecular weight is 423 g/mol. The second-order valence-corrected chi connectivity index (χ2v) is 7.48. The summed E-state index contributed by atoms with van der Waals surface area (Å²) < 4.78 is 40.0. The van der Waals surface area contributed by atoms with Crippen LogP contribution >= 0.6 is 0 Å². The van der Waals surface area contributed by atoms with Crippen LogP contribution in [0.3, 0.4) is 0 Å². The van der Waals surface area contributed by atoms with E-state index in [0.717, 1.165) is 61.4 Å². The minimum Gasteiger partial charge on any atom is -0.357 e. The fourth-order valence-electron chi connectivity index (χ4n) is 3.40. The molecule has 2 N–H and O–H groups in total. The van der Waals surface area contributed by atoms with Crippen LogP contribution < -0.4 is 10.6 Å². The van der Waals surface area contributed by atoms with Crippen molar-refractivity contribution < 1.29 is 13.2 Å². The highest BCUT2D eigenvalue weighted by molar-refractivity contribution is 5.80. The van der Waals surface area contributed by atoms with Crippen molar-refractivity contribution in [2.45, 2.75) is 45.6 Å². The first kappa shape index (κ1) is 22.1. The number of aromatic nitrogens is 3. The number of likely N-dealkylation sites (tertiary alicyclic amines) is 1. The summed E-state index contributed by atoms with van der Waals surface area (Å²) in [5.74, 6) is 2.35. The first-order chi connectivity index (χ1) is 14.3. The van der Waals surface area contributed by atoms with E-state index in [-0.39, 0.29) is 6.04 Å². The summed E-state index contributed by atoms with van der Waals surface area (Å²) in [7, 11) is 1.91. The van der Waals surface area contributed by atoms with Gasteiger partial charge in [0.2, 0.25) is 0 Å². The number of nitrogens with one attached hydrogen (secondary N) is 2. The van der Waals surface area contributed by atoms with Crippen molar-refractivity contribution in [1.29, 1.82) is 0 Å². The molecule has 3 rings (SSSR count). The number of alkyl halides is 3. The Morgan fingerprint density at radius 1 is 1.23 bits per heavy atom. The number of halogens is 3. The molecular weight excluding hydrogens is 395 g/mol. The molecular formula is C20H28F3N7. The van der Waals surface area contributed by atoms with E-state index in [1.165, 1.54) is 0 Å². The van der Waals surface area contributed by atoms with Crippen molar-refractivity contribution in [3.05, 3.63) is 47.0 Å². The Morgan fingerprint density at radius 3 is 2.57 bits per heavy atom. The Labute approximate surface area is 174 Å². The van der Waals surface area contributed by atoms with Gasteiger partial charge in [-0.2, -0.15) is 13.2 Å². The summed E-state index contributed by atoms with van der Waals surface area (Å²) in [6, 6.07) is 5.62. The highest BCUT2D eigenvalue weighted by Gasteiger charge is 2.30. The van der Waals surface area contributed by atoms with E-state index in [4.69, 9.17) is 0 Å². The summed E-state index contributed by atoms with van der Waals surface area (Å²) in [6.07, 6.45) is -3.36. The SMILES string of the molecule is CCNC(=NCc1nnc(C)n1C)NC1CCN(Cc2ccc(C(F)(F)F)cc2)C1. The van der Waals surface area contributed by atoms with Crippen LogP contribution in [-0.4, -0.2) is 51.3 Å². The molecule has 0 radical (unpaired) electrons. The van der Waals surface area contributed by atoms with E-state index < -0.39 is 11.7 Å². The van der Waals surface area contributed by atoms with Gasteiger partial charge in [-0.3, -0.25) is 4.90 Å². The molecule has 1 aliphatic heterocycles. The Bertz CT molecular complexity index is 858. The Kier molecular flexibility index (Phi) is 6.96. The number of guanidine groups is 1. The predicted molar refractivity (Wildman–Crippen MR) is 109 cm³/mol. The number of nitrogens with zero attached hydrogens (tertiary/aromatic N) is 5. The molecule has 1 saturated heterocycles. The minimum atomic E-state index is -4.30. The summed E-state index contributed by atoms with van der Waals surface area (Å²) in [5, 5.41) is 14.9. The first-order valence-electron chi connectivity index (χ1n) is 10.0. The smallest absolute Gasteiger partial charge is 0.357 e. The van der Waals surface area contributed by atoms with E-state index >= 15 is 0 Å². The Morgan fingerprint density at radius 2 is 1.97 bits per heavy atom. The lowest BCUT2D eigenvalue weighted by molar-refractivity contribution is -0.137. The quantitative estimate of drug-likeness (QED) is 0.552. The molecule has 1 fully saturated rings. The average Bonchev–Trinajstić information content (AvgIpc) is 3.26. The largest absolute Gasteiger partial charge is 0.416 e. The van der Waals surface area contributed by atoms with Gasteiger partial charge in [0.15, 0.2) is 11.8 Å². The second kappa shape index (κ2) is 9.46. The highest BCUT2D eigenvalue weighted by Crippen LogP contribution is 2.29. The standard InChI is InChI=1S/C20H28F3N7/c1-4-24-19(25-11-18-28-27-14(2)29(18)3)26-17-9-10-30(13-17)12-15-5-7-16(8-6-15)20(21,22)23/h5-8,17H,4,9-13H2,1-3H3,(H2,24,25,26). The zero-order valence-electron chi connectivity index (χ0n) is 17.5. The molecule has 0 bridgehead atoms.